The summed E-state index contributed by atoms with van der Waals surface area (Å²) >= 11 is 5.23. The third-order valence-corrected chi connectivity index (χ3v) is 4.10. The van der Waals surface area contributed by atoms with Crippen LogP contribution >= 0.6 is 27.3 Å². The summed E-state index contributed by atoms with van der Waals surface area (Å²) < 4.78 is 1.18. The Morgan fingerprint density at radius 3 is 2.93 bits per heavy atom. The van der Waals surface area contributed by atoms with Crippen LogP contribution in [-0.2, 0) is 0 Å². The average molecular weight is 287 g/mol. The molecule has 1 aromatic rings. The quantitative estimate of drug-likeness (QED) is 0.918. The van der Waals surface area contributed by atoms with Crippen LogP contribution in [0.5, 0.6) is 0 Å². The van der Waals surface area contributed by atoms with Crippen molar-refractivity contribution in [2.75, 3.05) is 32.7 Å². The Balaban J connectivity index is 1.79. The lowest BCUT2D eigenvalue weighted by Gasteiger charge is -2.25. The second-order valence-corrected chi connectivity index (χ2v) is 5.48. The van der Waals surface area contributed by atoms with Gasteiger partial charge in [0.2, 0.25) is 0 Å². The van der Waals surface area contributed by atoms with Gasteiger partial charge in [-0.2, -0.15) is 0 Å². The first-order valence-electron chi connectivity index (χ1n) is 5.18. The molecule has 0 amide bonds. The number of hydrogen-bond donors (Lipinski definition) is 1. The maximum absolute atomic E-state index is 3.46. The monoisotopic (exact) mass is 286 g/mol. The van der Waals surface area contributed by atoms with Gasteiger partial charge < -0.3 is 5.32 Å². The normalized spacial score (nSPS) is 18.7. The maximum atomic E-state index is 3.46. The number of nitrogens with zero attached hydrogens (tertiary/aromatic N) is 1. The third-order valence-electron chi connectivity index (χ3n) is 2.44. The summed E-state index contributed by atoms with van der Waals surface area (Å²) in [4.78, 5) is 3.78. The first kappa shape index (κ1) is 11.3. The van der Waals surface area contributed by atoms with E-state index >= 15 is 0 Å². The van der Waals surface area contributed by atoms with E-state index in [-0.39, 0.29) is 0 Å². The van der Waals surface area contributed by atoms with Crippen molar-refractivity contribution in [3.05, 3.63) is 26.9 Å². The van der Waals surface area contributed by atoms with E-state index in [0.717, 1.165) is 19.6 Å². The van der Waals surface area contributed by atoms with Crippen molar-refractivity contribution < 1.29 is 0 Å². The second kappa shape index (κ2) is 5.80. The van der Waals surface area contributed by atoms with Gasteiger partial charge in [-0.15, -0.1) is 11.3 Å². The molecule has 0 bridgehead atoms. The Labute approximate surface area is 103 Å². The summed E-state index contributed by atoms with van der Waals surface area (Å²) in [5.74, 6) is 0. The lowest BCUT2D eigenvalue weighted by molar-refractivity contribution is 0.265. The number of nitrogens with one attached hydrogen (secondary N) is 1. The Hall–Kier alpha value is -0.160. The number of halogens is 1. The molecular formula is C11H15BrN2S. The minimum absolute atomic E-state index is 1.07. The van der Waals surface area contributed by atoms with Crippen molar-refractivity contribution in [2.24, 2.45) is 0 Å². The van der Waals surface area contributed by atoms with Gasteiger partial charge in [-0.1, -0.05) is 6.08 Å². The first-order valence-corrected chi connectivity index (χ1v) is 6.85. The molecule has 2 nitrogen and oxygen atoms in total. The number of piperazine rings is 1. The van der Waals surface area contributed by atoms with Crippen molar-refractivity contribution in [1.82, 2.24) is 10.2 Å². The predicted molar refractivity (Wildman–Crippen MR) is 70.4 cm³/mol. The molecule has 1 N–H and O–H groups in total. The van der Waals surface area contributed by atoms with Crippen LogP contribution in [0.25, 0.3) is 6.08 Å². The zero-order chi connectivity index (χ0) is 10.5. The molecule has 0 unspecified atom stereocenters. The summed E-state index contributed by atoms with van der Waals surface area (Å²) in [5, 5.41) is 5.47. The summed E-state index contributed by atoms with van der Waals surface area (Å²) in [6.45, 7) is 5.64. The van der Waals surface area contributed by atoms with Gasteiger partial charge in [0.15, 0.2) is 0 Å². The van der Waals surface area contributed by atoms with Gasteiger partial charge in [0.25, 0.3) is 0 Å². The summed E-state index contributed by atoms with van der Waals surface area (Å²) in [7, 11) is 0. The molecule has 0 radical (unpaired) electrons. The molecule has 15 heavy (non-hydrogen) atoms. The fourth-order valence-electron chi connectivity index (χ4n) is 1.63. The minimum Gasteiger partial charge on any atom is -0.314 e. The van der Waals surface area contributed by atoms with Gasteiger partial charge >= 0.3 is 0 Å². The molecular weight excluding hydrogens is 272 g/mol. The molecule has 82 valence electrons. The fraction of sp³-hybridized carbons (Fsp3) is 0.455. The lowest BCUT2D eigenvalue weighted by Crippen LogP contribution is -2.43. The highest BCUT2D eigenvalue weighted by molar-refractivity contribution is 9.10. The van der Waals surface area contributed by atoms with Gasteiger partial charge in [0.1, 0.15) is 0 Å². The van der Waals surface area contributed by atoms with Gasteiger partial charge in [-0.3, -0.25) is 4.90 Å². The van der Waals surface area contributed by atoms with Crippen LogP contribution in [0.2, 0.25) is 0 Å². The standard InChI is InChI=1S/C11H15BrN2S/c12-10-8-11(15-9-10)2-1-5-14-6-3-13-4-7-14/h1-2,8-9,13H,3-7H2/b2-1+. The van der Waals surface area contributed by atoms with E-state index in [0.29, 0.717) is 0 Å². The third kappa shape index (κ3) is 3.72. The molecule has 0 spiro atoms. The van der Waals surface area contributed by atoms with Crippen LogP contribution in [0.1, 0.15) is 4.88 Å². The predicted octanol–water partition coefficient (Wildman–Crippen LogP) is 2.43. The van der Waals surface area contributed by atoms with Crippen LogP contribution in [0.4, 0.5) is 0 Å². The maximum Gasteiger partial charge on any atom is 0.0288 e. The van der Waals surface area contributed by atoms with E-state index in [1.54, 1.807) is 11.3 Å². The largest absolute Gasteiger partial charge is 0.314 e. The molecule has 0 aliphatic carbocycles. The van der Waals surface area contributed by atoms with Crippen molar-refractivity contribution in [3.8, 4) is 0 Å². The molecule has 1 aliphatic heterocycles. The van der Waals surface area contributed by atoms with E-state index in [1.807, 2.05) is 0 Å². The van der Waals surface area contributed by atoms with Crippen molar-refractivity contribution in [1.29, 1.82) is 0 Å². The molecule has 1 aromatic heterocycles. The SMILES string of the molecule is Brc1csc(/C=C/CN2CCNCC2)c1. The van der Waals surface area contributed by atoms with E-state index < -0.39 is 0 Å². The number of thiophene rings is 1. The average Bonchev–Trinajstić information content (AvgIpc) is 2.66. The summed E-state index contributed by atoms with van der Waals surface area (Å²) in [6, 6.07) is 2.15. The highest BCUT2D eigenvalue weighted by Gasteiger charge is 2.06. The molecule has 1 fully saturated rings. The van der Waals surface area contributed by atoms with E-state index in [1.165, 1.54) is 22.4 Å². The Morgan fingerprint density at radius 1 is 1.47 bits per heavy atom. The van der Waals surface area contributed by atoms with E-state index in [4.69, 9.17) is 0 Å². The lowest BCUT2D eigenvalue weighted by atomic mass is 10.3. The molecule has 0 saturated carbocycles. The van der Waals surface area contributed by atoms with Crippen molar-refractivity contribution in [3.63, 3.8) is 0 Å². The minimum atomic E-state index is 1.07. The Bertz CT molecular complexity index is 329. The Kier molecular flexibility index (Phi) is 4.38. The fourth-order valence-corrected chi connectivity index (χ4v) is 2.99. The van der Waals surface area contributed by atoms with Crippen LogP contribution in [-0.4, -0.2) is 37.6 Å². The summed E-state index contributed by atoms with van der Waals surface area (Å²) in [5.41, 5.74) is 0. The molecule has 2 heterocycles. The second-order valence-electron chi connectivity index (χ2n) is 3.62. The molecule has 0 atom stereocenters. The van der Waals surface area contributed by atoms with Gasteiger partial charge in [0, 0.05) is 47.5 Å². The zero-order valence-electron chi connectivity index (χ0n) is 8.58. The first-order chi connectivity index (χ1) is 7.34. The zero-order valence-corrected chi connectivity index (χ0v) is 11.0. The Morgan fingerprint density at radius 2 is 2.27 bits per heavy atom. The van der Waals surface area contributed by atoms with Crippen molar-refractivity contribution in [2.45, 2.75) is 0 Å². The smallest absolute Gasteiger partial charge is 0.0288 e. The van der Waals surface area contributed by atoms with Crippen LogP contribution in [0, 0.1) is 0 Å². The van der Waals surface area contributed by atoms with Crippen molar-refractivity contribution >= 4 is 33.3 Å². The van der Waals surface area contributed by atoms with Gasteiger partial charge in [0.05, 0.1) is 0 Å². The highest BCUT2D eigenvalue weighted by Crippen LogP contribution is 2.20. The number of rotatable bonds is 3. The van der Waals surface area contributed by atoms with E-state index in [9.17, 15) is 0 Å². The van der Waals surface area contributed by atoms with Crippen LogP contribution in [0.15, 0.2) is 22.0 Å². The molecule has 1 aliphatic rings. The van der Waals surface area contributed by atoms with Crippen LogP contribution in [0.3, 0.4) is 0 Å². The number of hydrogen-bond acceptors (Lipinski definition) is 3. The van der Waals surface area contributed by atoms with E-state index in [2.05, 4.69) is 49.7 Å². The summed E-state index contributed by atoms with van der Waals surface area (Å²) in [6.07, 6.45) is 4.46. The van der Waals surface area contributed by atoms with Gasteiger partial charge in [-0.25, -0.2) is 0 Å². The van der Waals surface area contributed by atoms with Gasteiger partial charge in [-0.05, 0) is 28.1 Å². The topological polar surface area (TPSA) is 15.3 Å². The molecule has 4 heteroatoms. The highest BCUT2D eigenvalue weighted by atomic mass is 79.9. The molecule has 2 rings (SSSR count). The van der Waals surface area contributed by atoms with Crippen LogP contribution < -0.4 is 5.32 Å². The molecule has 1 saturated heterocycles. The molecule has 0 aromatic carbocycles.